The first-order valence-electron chi connectivity index (χ1n) is 7.44. The Balaban J connectivity index is 1.66. The number of hydrogen-bond donors (Lipinski definition) is 1. The lowest BCUT2D eigenvalue weighted by molar-refractivity contribution is 0.526. The molecule has 1 unspecified atom stereocenters. The summed E-state index contributed by atoms with van der Waals surface area (Å²) < 4.78 is 4.27. The van der Waals surface area contributed by atoms with Gasteiger partial charge in [-0.2, -0.15) is 9.36 Å². The van der Waals surface area contributed by atoms with Crippen LogP contribution in [0.25, 0.3) is 0 Å². The smallest absolute Gasteiger partial charge is 0.224 e. The Morgan fingerprint density at radius 3 is 2.95 bits per heavy atom. The molecule has 0 aliphatic carbocycles. The highest BCUT2D eigenvalue weighted by atomic mass is 32.1. The molecule has 7 nitrogen and oxygen atoms in total. The number of aryl methyl sites for hydroxylation is 1. The van der Waals surface area contributed by atoms with Crippen molar-refractivity contribution in [2.45, 2.75) is 25.8 Å². The van der Waals surface area contributed by atoms with Crippen LogP contribution < -0.4 is 15.1 Å². The van der Waals surface area contributed by atoms with Gasteiger partial charge in [0.05, 0.1) is 0 Å². The van der Waals surface area contributed by atoms with Gasteiger partial charge in [-0.15, -0.1) is 0 Å². The molecule has 118 valence electrons. The minimum Gasteiger partial charge on any atom is -0.363 e. The number of piperidine rings is 1. The van der Waals surface area contributed by atoms with E-state index >= 15 is 0 Å². The van der Waals surface area contributed by atoms with Gasteiger partial charge in [0.1, 0.15) is 11.6 Å². The van der Waals surface area contributed by atoms with Gasteiger partial charge in [0, 0.05) is 51.0 Å². The minimum absolute atomic E-state index is 0.329. The lowest BCUT2D eigenvalue weighted by atomic mass is 10.1. The number of nitrogens with one attached hydrogen (secondary N) is 1. The molecule has 2 aromatic heterocycles. The molecule has 0 radical (unpaired) electrons. The van der Waals surface area contributed by atoms with Gasteiger partial charge in [-0.25, -0.2) is 9.97 Å². The Kier molecular flexibility index (Phi) is 4.37. The number of nitrogens with zero attached hydrogens (tertiary/aromatic N) is 6. The topological polar surface area (TPSA) is 70.1 Å². The number of rotatable bonds is 4. The number of aromatic nitrogens is 4. The Morgan fingerprint density at radius 2 is 2.23 bits per heavy atom. The molecule has 1 N–H and O–H groups in total. The van der Waals surface area contributed by atoms with E-state index < -0.39 is 0 Å². The van der Waals surface area contributed by atoms with E-state index in [4.69, 9.17) is 0 Å². The molecule has 1 aliphatic rings. The van der Waals surface area contributed by atoms with Crippen molar-refractivity contribution in [2.75, 3.05) is 42.3 Å². The molecule has 0 spiro atoms. The number of anilines is 3. The first-order valence-corrected chi connectivity index (χ1v) is 8.21. The van der Waals surface area contributed by atoms with Gasteiger partial charge in [-0.1, -0.05) is 0 Å². The lowest BCUT2D eigenvalue weighted by Gasteiger charge is -2.32. The fourth-order valence-electron chi connectivity index (χ4n) is 2.53. The van der Waals surface area contributed by atoms with Crippen molar-refractivity contribution in [1.82, 2.24) is 19.3 Å². The van der Waals surface area contributed by atoms with Crippen molar-refractivity contribution >= 4 is 28.4 Å². The van der Waals surface area contributed by atoms with Crippen LogP contribution in [0.15, 0.2) is 12.3 Å². The van der Waals surface area contributed by atoms with Crippen LogP contribution in [0, 0.1) is 6.92 Å². The summed E-state index contributed by atoms with van der Waals surface area (Å²) in [6, 6.07) is 2.23. The fourth-order valence-corrected chi connectivity index (χ4v) is 3.24. The van der Waals surface area contributed by atoms with E-state index in [2.05, 4.69) is 29.5 Å². The highest BCUT2D eigenvalue weighted by molar-refractivity contribution is 7.09. The quantitative estimate of drug-likeness (QED) is 0.921. The summed E-state index contributed by atoms with van der Waals surface area (Å²) in [5.74, 6) is 2.44. The summed E-state index contributed by atoms with van der Waals surface area (Å²) in [4.78, 5) is 17.6. The summed E-state index contributed by atoms with van der Waals surface area (Å²) >= 11 is 1.47. The van der Waals surface area contributed by atoms with E-state index in [1.54, 1.807) is 6.20 Å². The maximum absolute atomic E-state index is 4.53. The van der Waals surface area contributed by atoms with Gasteiger partial charge < -0.3 is 15.1 Å². The molecular formula is C14H21N7S. The standard InChI is InChI=1S/C14H21N7S/c1-10-16-14(22-19-10)21-8-4-5-11(9-21)17-13-15-7-6-12(18-13)20(2)3/h6-7,11H,4-5,8-9H2,1-3H3,(H,15,17,18). The predicted octanol–water partition coefficient (Wildman–Crippen LogP) is 1.78. The monoisotopic (exact) mass is 319 g/mol. The van der Waals surface area contributed by atoms with Gasteiger partial charge in [0.25, 0.3) is 0 Å². The molecule has 8 heteroatoms. The van der Waals surface area contributed by atoms with E-state index in [0.717, 1.165) is 42.7 Å². The average molecular weight is 319 g/mol. The van der Waals surface area contributed by atoms with E-state index in [0.29, 0.717) is 12.0 Å². The molecule has 3 heterocycles. The van der Waals surface area contributed by atoms with Gasteiger partial charge in [-0.3, -0.25) is 0 Å². The largest absolute Gasteiger partial charge is 0.363 e. The number of hydrogen-bond acceptors (Lipinski definition) is 8. The van der Waals surface area contributed by atoms with Crippen LogP contribution >= 0.6 is 11.5 Å². The van der Waals surface area contributed by atoms with Crippen molar-refractivity contribution in [2.24, 2.45) is 0 Å². The molecule has 0 aromatic carbocycles. The van der Waals surface area contributed by atoms with Crippen LogP contribution in [-0.2, 0) is 0 Å². The zero-order valence-corrected chi connectivity index (χ0v) is 14.0. The fraction of sp³-hybridized carbons (Fsp3) is 0.571. The highest BCUT2D eigenvalue weighted by Gasteiger charge is 2.22. The maximum atomic E-state index is 4.53. The molecule has 0 amide bonds. The maximum Gasteiger partial charge on any atom is 0.224 e. The van der Waals surface area contributed by atoms with Crippen molar-refractivity contribution in [1.29, 1.82) is 0 Å². The zero-order valence-electron chi connectivity index (χ0n) is 13.2. The van der Waals surface area contributed by atoms with Crippen molar-refractivity contribution in [3.05, 3.63) is 18.1 Å². The second-order valence-electron chi connectivity index (χ2n) is 5.69. The molecule has 1 saturated heterocycles. The lowest BCUT2D eigenvalue weighted by Crippen LogP contribution is -2.42. The molecule has 2 aromatic rings. The third-order valence-corrected chi connectivity index (χ3v) is 4.51. The van der Waals surface area contributed by atoms with E-state index in [1.807, 2.05) is 32.0 Å². The third-order valence-electron chi connectivity index (χ3n) is 3.64. The Morgan fingerprint density at radius 1 is 1.36 bits per heavy atom. The molecule has 3 rings (SSSR count). The predicted molar refractivity (Wildman–Crippen MR) is 89.9 cm³/mol. The van der Waals surface area contributed by atoms with Crippen LogP contribution in [0.4, 0.5) is 16.9 Å². The van der Waals surface area contributed by atoms with Crippen LogP contribution in [-0.4, -0.2) is 52.6 Å². The second-order valence-corrected chi connectivity index (χ2v) is 6.42. The summed E-state index contributed by atoms with van der Waals surface area (Å²) in [7, 11) is 3.96. The summed E-state index contributed by atoms with van der Waals surface area (Å²) in [6.45, 7) is 3.87. The Labute approximate surface area is 134 Å². The first-order chi connectivity index (χ1) is 10.6. The van der Waals surface area contributed by atoms with Gasteiger partial charge >= 0.3 is 0 Å². The Hall–Kier alpha value is -1.96. The van der Waals surface area contributed by atoms with E-state index in [-0.39, 0.29) is 0 Å². The molecule has 1 fully saturated rings. The highest BCUT2D eigenvalue weighted by Crippen LogP contribution is 2.23. The third kappa shape index (κ3) is 3.44. The SMILES string of the molecule is Cc1nsc(N2CCCC(Nc3nccc(N(C)C)n3)C2)n1. The van der Waals surface area contributed by atoms with E-state index in [1.165, 1.54) is 11.5 Å². The van der Waals surface area contributed by atoms with Crippen LogP contribution in [0.5, 0.6) is 0 Å². The van der Waals surface area contributed by atoms with Gasteiger partial charge in [-0.05, 0) is 25.8 Å². The average Bonchev–Trinajstić information content (AvgIpc) is 2.94. The first kappa shape index (κ1) is 15.0. The molecule has 22 heavy (non-hydrogen) atoms. The van der Waals surface area contributed by atoms with Crippen molar-refractivity contribution in [3.63, 3.8) is 0 Å². The van der Waals surface area contributed by atoms with Gasteiger partial charge in [0.2, 0.25) is 11.1 Å². The zero-order chi connectivity index (χ0) is 15.5. The van der Waals surface area contributed by atoms with Crippen LogP contribution in [0.2, 0.25) is 0 Å². The normalized spacial score (nSPS) is 18.3. The van der Waals surface area contributed by atoms with E-state index in [9.17, 15) is 0 Å². The summed E-state index contributed by atoms with van der Waals surface area (Å²) in [6.07, 6.45) is 4.03. The summed E-state index contributed by atoms with van der Waals surface area (Å²) in [5.41, 5.74) is 0. The summed E-state index contributed by atoms with van der Waals surface area (Å²) in [5, 5.41) is 4.45. The van der Waals surface area contributed by atoms with Gasteiger partial charge in [0.15, 0.2) is 0 Å². The Bertz CT molecular complexity index is 627. The minimum atomic E-state index is 0.329. The molecule has 1 aliphatic heterocycles. The molecule has 1 atom stereocenters. The molecule has 0 bridgehead atoms. The second kappa shape index (κ2) is 6.43. The molecule has 0 saturated carbocycles. The van der Waals surface area contributed by atoms with Crippen molar-refractivity contribution in [3.8, 4) is 0 Å². The van der Waals surface area contributed by atoms with Crippen molar-refractivity contribution < 1.29 is 0 Å². The van der Waals surface area contributed by atoms with Crippen LogP contribution in [0.1, 0.15) is 18.7 Å². The molecular weight excluding hydrogens is 298 g/mol. The van der Waals surface area contributed by atoms with Crippen LogP contribution in [0.3, 0.4) is 0 Å².